The van der Waals surface area contributed by atoms with Gasteiger partial charge in [0.25, 0.3) is 12.3 Å². The van der Waals surface area contributed by atoms with E-state index in [2.05, 4.69) is 15.3 Å². The largest absolute Gasteiger partial charge is 0.469 e. The van der Waals surface area contributed by atoms with Gasteiger partial charge in [-0.05, 0) is 11.6 Å². The van der Waals surface area contributed by atoms with Crippen LogP contribution in [0.2, 0.25) is 10.2 Å². The van der Waals surface area contributed by atoms with E-state index >= 15 is 0 Å². The maximum atomic E-state index is 12.2. The van der Waals surface area contributed by atoms with E-state index in [0.29, 0.717) is 27.5 Å². The first kappa shape index (κ1) is 15.9. The van der Waals surface area contributed by atoms with Gasteiger partial charge in [-0.2, -0.15) is 0 Å². The van der Waals surface area contributed by atoms with Crippen LogP contribution < -0.4 is 10.1 Å². The molecular formula is C14H9Cl2F2N3O2. The van der Waals surface area contributed by atoms with Crippen molar-refractivity contribution < 1.29 is 18.3 Å². The average molecular weight is 360 g/mol. The number of rotatable bonds is 4. The summed E-state index contributed by atoms with van der Waals surface area (Å²) in [5.41, 5.74) is 2.25. The highest BCUT2D eigenvalue weighted by molar-refractivity contribution is 6.34. The van der Waals surface area contributed by atoms with Gasteiger partial charge in [-0.25, -0.2) is 18.7 Å². The van der Waals surface area contributed by atoms with E-state index in [9.17, 15) is 13.6 Å². The Balaban J connectivity index is 1.96. The number of halogens is 4. The van der Waals surface area contributed by atoms with Gasteiger partial charge < -0.3 is 10.1 Å². The van der Waals surface area contributed by atoms with Crippen molar-refractivity contribution in [1.29, 1.82) is 0 Å². The van der Waals surface area contributed by atoms with Gasteiger partial charge in [0.15, 0.2) is 11.8 Å². The van der Waals surface area contributed by atoms with Gasteiger partial charge in [-0.3, -0.25) is 4.79 Å². The molecule has 1 aromatic heterocycles. The molecule has 0 atom stereocenters. The molecule has 9 heteroatoms. The van der Waals surface area contributed by atoms with Crippen molar-refractivity contribution >= 4 is 34.8 Å². The van der Waals surface area contributed by atoms with Crippen LogP contribution in [0.4, 0.5) is 14.5 Å². The van der Waals surface area contributed by atoms with Crippen molar-refractivity contribution in [1.82, 2.24) is 9.97 Å². The van der Waals surface area contributed by atoms with Crippen LogP contribution in [-0.4, -0.2) is 28.9 Å². The Labute approximate surface area is 139 Å². The van der Waals surface area contributed by atoms with E-state index in [1.54, 1.807) is 12.1 Å². The number of amides is 1. The van der Waals surface area contributed by atoms with Crippen LogP contribution in [0.3, 0.4) is 0 Å². The lowest BCUT2D eigenvalue weighted by Gasteiger charge is -2.10. The van der Waals surface area contributed by atoms with Crippen molar-refractivity contribution in [2.75, 3.05) is 11.9 Å². The monoisotopic (exact) mass is 359 g/mol. The highest BCUT2D eigenvalue weighted by Crippen LogP contribution is 2.38. The van der Waals surface area contributed by atoms with Gasteiger partial charge in [-0.15, -0.1) is 0 Å². The number of aromatic nitrogens is 2. The summed E-state index contributed by atoms with van der Waals surface area (Å²) in [5.74, 6) is -0.346. The highest BCUT2D eigenvalue weighted by atomic mass is 35.5. The van der Waals surface area contributed by atoms with Crippen LogP contribution in [0.1, 0.15) is 5.56 Å². The molecule has 0 unspecified atom stereocenters. The van der Waals surface area contributed by atoms with Gasteiger partial charge in [0.05, 0.1) is 29.0 Å². The first-order valence-corrected chi connectivity index (χ1v) is 7.26. The zero-order chi connectivity index (χ0) is 16.6. The molecule has 0 spiro atoms. The van der Waals surface area contributed by atoms with Crippen molar-refractivity contribution in [3.63, 3.8) is 0 Å². The fourth-order valence-electron chi connectivity index (χ4n) is 2.25. The molecule has 23 heavy (non-hydrogen) atoms. The summed E-state index contributed by atoms with van der Waals surface area (Å²) in [5, 5.41) is 2.96. The molecule has 1 N–H and O–H groups in total. The number of hydrogen-bond acceptors (Lipinski definition) is 4. The first-order chi connectivity index (χ1) is 11.0. The minimum Gasteiger partial charge on any atom is -0.469 e. The fourth-order valence-corrected chi connectivity index (χ4v) is 2.66. The molecule has 0 bridgehead atoms. The third-order valence-corrected chi connectivity index (χ3v) is 3.75. The minimum atomic E-state index is -2.64. The maximum absolute atomic E-state index is 12.2. The molecule has 1 amide bonds. The highest BCUT2D eigenvalue weighted by Gasteiger charge is 2.25. The molecule has 120 valence electrons. The second kappa shape index (κ2) is 6.25. The van der Waals surface area contributed by atoms with Crippen LogP contribution in [0.15, 0.2) is 18.3 Å². The summed E-state index contributed by atoms with van der Waals surface area (Å²) in [7, 11) is 0. The molecule has 3 rings (SSSR count). The van der Waals surface area contributed by atoms with E-state index in [0.717, 1.165) is 0 Å². The van der Waals surface area contributed by atoms with Gasteiger partial charge in [0, 0.05) is 5.56 Å². The molecule has 1 aromatic carbocycles. The lowest BCUT2D eigenvalue weighted by Crippen LogP contribution is -2.09. The Kier molecular flexibility index (Phi) is 4.32. The molecule has 0 saturated heterocycles. The zero-order valence-corrected chi connectivity index (χ0v) is 13.0. The van der Waals surface area contributed by atoms with Crippen molar-refractivity contribution in [3.8, 4) is 17.1 Å². The summed E-state index contributed by atoms with van der Waals surface area (Å²) in [6.07, 6.45) is -1.13. The Morgan fingerprint density at radius 1 is 1.35 bits per heavy atom. The average Bonchev–Trinajstić information content (AvgIpc) is 2.88. The Morgan fingerprint density at radius 2 is 2.13 bits per heavy atom. The summed E-state index contributed by atoms with van der Waals surface area (Å²) < 4.78 is 29.1. The second-order valence-corrected chi connectivity index (χ2v) is 5.49. The van der Waals surface area contributed by atoms with Crippen molar-refractivity contribution in [2.24, 2.45) is 0 Å². The lowest BCUT2D eigenvalue weighted by atomic mass is 10.0. The van der Waals surface area contributed by atoms with Gasteiger partial charge in [0.2, 0.25) is 5.91 Å². The fraction of sp³-hybridized carbons (Fsp3) is 0.214. The number of ether oxygens (including phenoxy) is 1. The zero-order valence-electron chi connectivity index (χ0n) is 11.4. The number of benzene rings is 1. The molecule has 0 saturated carbocycles. The molecule has 5 nitrogen and oxygen atoms in total. The van der Waals surface area contributed by atoms with E-state index in [4.69, 9.17) is 27.9 Å². The Morgan fingerprint density at radius 3 is 2.83 bits per heavy atom. The third kappa shape index (κ3) is 3.20. The molecule has 1 aliphatic rings. The summed E-state index contributed by atoms with van der Waals surface area (Å²) in [6.45, 7) is -0.817. The smallest absolute Gasteiger partial charge is 0.272 e. The second-order valence-electron chi connectivity index (χ2n) is 4.73. The van der Waals surface area contributed by atoms with Crippen LogP contribution in [0, 0.1) is 0 Å². The number of nitrogens with zero attached hydrogens (tertiary/aromatic N) is 2. The molecule has 0 aliphatic carbocycles. The van der Waals surface area contributed by atoms with E-state index in [-0.39, 0.29) is 23.4 Å². The molecule has 0 fully saturated rings. The topological polar surface area (TPSA) is 64.1 Å². The summed E-state index contributed by atoms with van der Waals surface area (Å²) >= 11 is 12.0. The molecule has 2 aromatic rings. The number of anilines is 1. The molecule has 1 aliphatic heterocycles. The van der Waals surface area contributed by atoms with E-state index in [1.807, 2.05) is 0 Å². The summed E-state index contributed by atoms with van der Waals surface area (Å²) in [6, 6.07) is 3.32. The van der Waals surface area contributed by atoms with Gasteiger partial charge in [0.1, 0.15) is 0 Å². The number of alkyl halides is 2. The SMILES string of the molecule is O=C1Cc2c(-c3cnc(OCC(F)F)c(Cl)n3)ccc(Cl)c2N1. The number of carbonyl (C=O) groups is 1. The maximum Gasteiger partial charge on any atom is 0.272 e. The van der Waals surface area contributed by atoms with Crippen LogP contribution in [0.5, 0.6) is 5.88 Å². The number of nitrogens with one attached hydrogen (secondary N) is 1. The number of carbonyl (C=O) groups excluding carboxylic acids is 1. The normalized spacial score (nSPS) is 13.2. The lowest BCUT2D eigenvalue weighted by molar-refractivity contribution is -0.115. The van der Waals surface area contributed by atoms with E-state index in [1.165, 1.54) is 6.20 Å². The Bertz CT molecular complexity index is 787. The third-order valence-electron chi connectivity index (χ3n) is 3.18. The first-order valence-electron chi connectivity index (χ1n) is 6.51. The molecular weight excluding hydrogens is 351 g/mol. The van der Waals surface area contributed by atoms with Gasteiger partial charge >= 0.3 is 0 Å². The molecule has 2 heterocycles. The quantitative estimate of drug-likeness (QED) is 0.905. The van der Waals surface area contributed by atoms with Crippen LogP contribution >= 0.6 is 23.2 Å². The number of fused-ring (bicyclic) bond motifs is 1. The predicted molar refractivity (Wildman–Crippen MR) is 81.3 cm³/mol. The minimum absolute atomic E-state index is 0.135. The summed E-state index contributed by atoms with van der Waals surface area (Å²) in [4.78, 5) is 19.6. The van der Waals surface area contributed by atoms with Crippen molar-refractivity contribution in [3.05, 3.63) is 34.1 Å². The van der Waals surface area contributed by atoms with Crippen LogP contribution in [-0.2, 0) is 11.2 Å². The van der Waals surface area contributed by atoms with Gasteiger partial charge in [-0.1, -0.05) is 29.3 Å². The standard InChI is InChI=1S/C14H9Cl2F2N3O2/c15-8-2-1-6(7-3-11(22)21-12(7)8)9-4-19-14(13(16)20-9)23-5-10(17)18/h1-2,4,10H,3,5H2,(H,21,22). The van der Waals surface area contributed by atoms with Crippen LogP contribution in [0.25, 0.3) is 11.3 Å². The van der Waals surface area contributed by atoms with E-state index < -0.39 is 13.0 Å². The Hall–Kier alpha value is -1.99. The molecule has 0 radical (unpaired) electrons. The predicted octanol–water partition coefficient (Wildman–Crippen LogP) is 3.59. The van der Waals surface area contributed by atoms with Crippen molar-refractivity contribution in [2.45, 2.75) is 12.8 Å². The number of hydrogen-bond donors (Lipinski definition) is 1.